The molecule has 0 aliphatic rings. The van der Waals surface area contributed by atoms with Gasteiger partial charge in [-0.1, -0.05) is 6.07 Å². The molecule has 0 atom stereocenters. The van der Waals surface area contributed by atoms with Crippen molar-refractivity contribution in [2.45, 2.75) is 6.42 Å². The van der Waals surface area contributed by atoms with E-state index in [1.165, 1.54) is 13.2 Å². The zero-order valence-electron chi connectivity index (χ0n) is 8.72. The van der Waals surface area contributed by atoms with E-state index in [1.807, 2.05) is 6.07 Å². The smallest absolute Gasteiger partial charge is 0.165 e. The molecular weight excluding hydrogens is 197 g/mol. The number of nitrogens with one attached hydrogen (secondary N) is 2. The van der Waals surface area contributed by atoms with Gasteiger partial charge in [-0.25, -0.2) is 9.82 Å². The second-order valence-corrected chi connectivity index (χ2v) is 3.10. The fraction of sp³-hybridized carbons (Fsp3) is 0.400. The molecule has 0 spiro atoms. The second-order valence-electron chi connectivity index (χ2n) is 3.10. The van der Waals surface area contributed by atoms with E-state index in [-0.39, 0.29) is 11.6 Å². The van der Waals surface area contributed by atoms with Crippen molar-refractivity contribution in [3.8, 4) is 5.75 Å². The summed E-state index contributed by atoms with van der Waals surface area (Å²) in [6.45, 7) is 1.29. The number of benzene rings is 1. The highest BCUT2D eigenvalue weighted by Crippen LogP contribution is 2.17. The van der Waals surface area contributed by atoms with Crippen LogP contribution in [0.2, 0.25) is 0 Å². The van der Waals surface area contributed by atoms with E-state index in [1.54, 1.807) is 6.07 Å². The molecule has 4 N–H and O–H groups in total. The number of halogens is 1. The first-order valence-corrected chi connectivity index (χ1v) is 4.74. The van der Waals surface area contributed by atoms with Crippen molar-refractivity contribution in [1.29, 1.82) is 0 Å². The average Bonchev–Trinajstić information content (AvgIpc) is 2.25. The van der Waals surface area contributed by atoms with Crippen LogP contribution in [0.4, 0.5) is 4.39 Å². The van der Waals surface area contributed by atoms with Crippen LogP contribution in [0.5, 0.6) is 5.75 Å². The number of rotatable bonds is 6. The summed E-state index contributed by atoms with van der Waals surface area (Å²) < 4.78 is 18.1. The summed E-state index contributed by atoms with van der Waals surface area (Å²) in [7, 11) is 1.45. The zero-order chi connectivity index (χ0) is 11.1. The zero-order valence-corrected chi connectivity index (χ0v) is 8.72. The third-order valence-electron chi connectivity index (χ3n) is 2.03. The molecule has 0 fully saturated rings. The number of methoxy groups -OCH3 is 1. The molecule has 4 nitrogen and oxygen atoms in total. The maximum absolute atomic E-state index is 13.2. The Bertz CT molecular complexity index is 307. The Morgan fingerprint density at radius 2 is 2.27 bits per heavy atom. The largest absolute Gasteiger partial charge is 0.494 e. The van der Waals surface area contributed by atoms with Gasteiger partial charge in [0.25, 0.3) is 0 Å². The summed E-state index contributed by atoms with van der Waals surface area (Å²) in [6, 6.07) is 4.96. The minimum absolute atomic E-state index is 0.273. The standard InChI is InChI=1S/C10H16FN3O/c1-15-10-3-2-8(6-9(10)11)4-5-13-7-14-12/h2-3,6,13-14H,4-5,7,12H2,1H3. The molecule has 1 aromatic carbocycles. The fourth-order valence-electron chi connectivity index (χ4n) is 1.26. The molecule has 0 heterocycles. The fourth-order valence-corrected chi connectivity index (χ4v) is 1.26. The van der Waals surface area contributed by atoms with Gasteiger partial charge in [-0.3, -0.25) is 5.84 Å². The van der Waals surface area contributed by atoms with Crippen molar-refractivity contribution >= 4 is 0 Å². The van der Waals surface area contributed by atoms with Crippen LogP contribution < -0.4 is 21.3 Å². The van der Waals surface area contributed by atoms with Crippen LogP contribution in [-0.4, -0.2) is 20.3 Å². The first kappa shape index (κ1) is 11.9. The van der Waals surface area contributed by atoms with E-state index in [2.05, 4.69) is 10.7 Å². The Morgan fingerprint density at radius 1 is 1.47 bits per heavy atom. The Labute approximate surface area is 88.6 Å². The Morgan fingerprint density at radius 3 is 2.87 bits per heavy atom. The number of ether oxygens (including phenoxy) is 1. The minimum atomic E-state index is -0.327. The highest BCUT2D eigenvalue weighted by Gasteiger charge is 2.02. The van der Waals surface area contributed by atoms with Gasteiger partial charge >= 0.3 is 0 Å². The monoisotopic (exact) mass is 213 g/mol. The van der Waals surface area contributed by atoms with Crippen LogP contribution in [0.3, 0.4) is 0 Å². The van der Waals surface area contributed by atoms with E-state index in [4.69, 9.17) is 10.6 Å². The predicted molar refractivity (Wildman–Crippen MR) is 56.8 cm³/mol. The van der Waals surface area contributed by atoms with E-state index < -0.39 is 0 Å². The van der Waals surface area contributed by atoms with E-state index >= 15 is 0 Å². The van der Waals surface area contributed by atoms with Crippen molar-refractivity contribution in [2.24, 2.45) is 5.84 Å². The molecule has 0 unspecified atom stereocenters. The summed E-state index contributed by atoms with van der Waals surface area (Å²) in [4.78, 5) is 0. The van der Waals surface area contributed by atoms with E-state index in [0.29, 0.717) is 6.67 Å². The van der Waals surface area contributed by atoms with E-state index in [0.717, 1.165) is 18.5 Å². The third-order valence-corrected chi connectivity index (χ3v) is 2.03. The first-order chi connectivity index (χ1) is 7.27. The Kier molecular flexibility index (Phi) is 5.03. The van der Waals surface area contributed by atoms with Crippen LogP contribution >= 0.6 is 0 Å². The highest BCUT2D eigenvalue weighted by molar-refractivity contribution is 5.29. The summed E-state index contributed by atoms with van der Waals surface area (Å²) in [5.74, 6) is 5.03. The third kappa shape index (κ3) is 3.83. The minimum Gasteiger partial charge on any atom is -0.494 e. The van der Waals surface area contributed by atoms with Crippen molar-refractivity contribution in [2.75, 3.05) is 20.3 Å². The molecule has 0 saturated carbocycles. The van der Waals surface area contributed by atoms with Crippen molar-refractivity contribution in [3.05, 3.63) is 29.6 Å². The van der Waals surface area contributed by atoms with Crippen LogP contribution in [0.1, 0.15) is 5.56 Å². The maximum Gasteiger partial charge on any atom is 0.165 e. The average molecular weight is 213 g/mol. The lowest BCUT2D eigenvalue weighted by Gasteiger charge is -2.06. The topological polar surface area (TPSA) is 59.3 Å². The number of nitrogens with two attached hydrogens (primary N) is 1. The highest BCUT2D eigenvalue weighted by atomic mass is 19.1. The van der Waals surface area contributed by atoms with Crippen LogP contribution in [0.15, 0.2) is 18.2 Å². The van der Waals surface area contributed by atoms with Gasteiger partial charge in [-0.15, -0.1) is 0 Å². The lowest BCUT2D eigenvalue weighted by molar-refractivity contribution is 0.386. The van der Waals surface area contributed by atoms with Gasteiger partial charge in [0, 0.05) is 6.54 Å². The quantitative estimate of drug-likeness (QED) is 0.277. The van der Waals surface area contributed by atoms with Crippen molar-refractivity contribution in [3.63, 3.8) is 0 Å². The van der Waals surface area contributed by atoms with Crippen LogP contribution in [-0.2, 0) is 6.42 Å². The van der Waals surface area contributed by atoms with Gasteiger partial charge in [-0.05, 0) is 24.1 Å². The Hall–Kier alpha value is -1.17. The normalized spacial score (nSPS) is 10.3. The summed E-state index contributed by atoms with van der Waals surface area (Å²) in [5.41, 5.74) is 3.41. The molecule has 0 aromatic heterocycles. The van der Waals surface area contributed by atoms with Crippen LogP contribution in [0, 0.1) is 5.82 Å². The summed E-state index contributed by atoms with van der Waals surface area (Å²) >= 11 is 0. The van der Waals surface area contributed by atoms with Gasteiger partial charge in [0.2, 0.25) is 0 Å². The molecule has 0 amide bonds. The molecule has 5 heteroatoms. The molecule has 0 bridgehead atoms. The van der Waals surface area contributed by atoms with Crippen molar-refractivity contribution in [1.82, 2.24) is 10.7 Å². The molecular formula is C10H16FN3O. The van der Waals surface area contributed by atoms with Gasteiger partial charge in [0.05, 0.1) is 13.8 Å². The van der Waals surface area contributed by atoms with Gasteiger partial charge in [0.15, 0.2) is 11.6 Å². The first-order valence-electron chi connectivity index (χ1n) is 4.74. The maximum atomic E-state index is 13.2. The predicted octanol–water partition coefficient (Wildman–Crippen LogP) is 0.387. The lowest BCUT2D eigenvalue weighted by Crippen LogP contribution is -2.34. The molecule has 0 aliphatic carbocycles. The summed E-state index contributed by atoms with van der Waals surface area (Å²) in [5, 5.41) is 3.04. The van der Waals surface area contributed by atoms with E-state index in [9.17, 15) is 4.39 Å². The SMILES string of the molecule is COc1ccc(CCNCNN)cc1F. The molecule has 0 aliphatic heterocycles. The second kappa shape index (κ2) is 6.34. The molecule has 84 valence electrons. The molecule has 0 saturated heterocycles. The van der Waals surface area contributed by atoms with Crippen molar-refractivity contribution < 1.29 is 9.13 Å². The Balaban J connectivity index is 2.45. The number of hydrogen-bond acceptors (Lipinski definition) is 4. The van der Waals surface area contributed by atoms with Gasteiger partial charge in [0.1, 0.15) is 0 Å². The summed E-state index contributed by atoms with van der Waals surface area (Å²) in [6.07, 6.45) is 0.753. The lowest BCUT2D eigenvalue weighted by atomic mass is 10.1. The molecule has 15 heavy (non-hydrogen) atoms. The van der Waals surface area contributed by atoms with Gasteiger partial charge < -0.3 is 10.1 Å². The molecule has 1 aromatic rings. The molecule has 0 radical (unpaired) electrons. The molecule has 1 rings (SSSR count). The van der Waals surface area contributed by atoms with Gasteiger partial charge in [-0.2, -0.15) is 0 Å². The number of hydrazine groups is 1. The van der Waals surface area contributed by atoms with Crippen LogP contribution in [0.25, 0.3) is 0 Å². The number of hydrogen-bond donors (Lipinski definition) is 3.